The zero-order valence-electron chi connectivity index (χ0n) is 17.1. The normalized spacial score (nSPS) is 13.0. The first-order chi connectivity index (χ1) is 13.1. The molecule has 0 saturated heterocycles. The van der Waals surface area contributed by atoms with Crippen LogP contribution in [0.5, 0.6) is 5.75 Å². The fourth-order valence-electron chi connectivity index (χ4n) is 2.33. The molecule has 28 heavy (non-hydrogen) atoms. The number of allylic oxidation sites excluding steroid dienone is 2. The molecule has 3 rings (SSSR count). The third-order valence-corrected chi connectivity index (χ3v) is 10.3. The highest BCUT2D eigenvalue weighted by Crippen LogP contribution is 2.38. The van der Waals surface area contributed by atoms with Crippen molar-refractivity contribution in [2.75, 3.05) is 5.73 Å². The van der Waals surface area contributed by atoms with Crippen molar-refractivity contribution >= 4 is 47.8 Å². The van der Waals surface area contributed by atoms with Gasteiger partial charge in [0.1, 0.15) is 16.6 Å². The van der Waals surface area contributed by atoms with Crippen LogP contribution in [0.4, 0.5) is 5.82 Å². The van der Waals surface area contributed by atoms with Gasteiger partial charge >= 0.3 is 0 Å². The minimum absolute atomic E-state index is 0.176. The van der Waals surface area contributed by atoms with Crippen molar-refractivity contribution in [2.24, 2.45) is 0 Å². The number of nitrogens with zero attached hydrogens (tertiary/aromatic N) is 2. The molecule has 0 aliphatic carbocycles. The molecule has 4 nitrogen and oxygen atoms in total. The molecule has 0 amide bonds. The van der Waals surface area contributed by atoms with Crippen molar-refractivity contribution in [3.8, 4) is 5.75 Å². The predicted octanol–water partition coefficient (Wildman–Crippen LogP) is 6.38. The molecule has 2 N–H and O–H groups in total. The highest BCUT2D eigenvalue weighted by atomic mass is 32.1. The molecular formula is C22H27N3OSSi. The molecule has 2 heterocycles. The Morgan fingerprint density at radius 1 is 1.07 bits per heavy atom. The first-order valence-electron chi connectivity index (χ1n) is 9.30. The topological polar surface area (TPSA) is 61.0 Å². The maximum atomic E-state index is 6.41. The van der Waals surface area contributed by atoms with Crippen LogP contribution in [0, 0.1) is 0 Å². The van der Waals surface area contributed by atoms with Gasteiger partial charge in [-0.3, -0.25) is 0 Å². The molecule has 0 aliphatic heterocycles. The first-order valence-corrected chi connectivity index (χ1v) is 13.0. The summed E-state index contributed by atoms with van der Waals surface area (Å²) in [5.41, 5.74) is 7.61. The number of rotatable bonds is 5. The molecule has 0 spiro atoms. The summed E-state index contributed by atoms with van der Waals surface area (Å²) in [5, 5.41) is 1.15. The Morgan fingerprint density at radius 3 is 2.50 bits per heavy atom. The first kappa shape index (κ1) is 20.3. The molecule has 0 saturated carbocycles. The molecule has 146 valence electrons. The molecule has 1 aromatic carbocycles. The summed E-state index contributed by atoms with van der Waals surface area (Å²) in [5.74, 6) is 1.47. The van der Waals surface area contributed by atoms with Crippen LogP contribution in [-0.2, 0) is 0 Å². The summed E-state index contributed by atoms with van der Waals surface area (Å²) in [6.45, 7) is 11.3. The lowest BCUT2D eigenvalue weighted by molar-refractivity contribution is 0.493. The average molecular weight is 410 g/mol. The smallest absolute Gasteiger partial charge is 0.250 e. The number of thiazole rings is 1. The standard InChI is InChI=1S/C22H27N3OSSi/c1-22(2,3)28(4,5)26-17-11-12-18-19(14-17)27-21(25-18)9-7-6-8-16-10-13-20(23)24-15-16/h6-15H,1-5H3,(H2,23,24)/b8-6+,9-7+. The third-order valence-electron chi connectivity index (χ3n) is 5.00. The number of aromatic nitrogens is 2. The van der Waals surface area contributed by atoms with Crippen LogP contribution in [0.3, 0.4) is 0 Å². The van der Waals surface area contributed by atoms with E-state index in [1.54, 1.807) is 23.6 Å². The molecule has 0 bridgehead atoms. The van der Waals surface area contributed by atoms with Crippen molar-refractivity contribution in [1.82, 2.24) is 9.97 Å². The second-order valence-electron chi connectivity index (χ2n) is 8.28. The highest BCUT2D eigenvalue weighted by Gasteiger charge is 2.38. The molecule has 0 unspecified atom stereocenters. The van der Waals surface area contributed by atoms with E-state index in [1.165, 1.54) is 0 Å². The van der Waals surface area contributed by atoms with Crippen LogP contribution < -0.4 is 10.2 Å². The number of nitrogens with two attached hydrogens (primary N) is 1. The highest BCUT2D eigenvalue weighted by molar-refractivity contribution is 7.19. The van der Waals surface area contributed by atoms with Gasteiger partial charge in [0.05, 0.1) is 10.2 Å². The largest absolute Gasteiger partial charge is 0.543 e. The summed E-state index contributed by atoms with van der Waals surface area (Å²) in [6, 6.07) is 9.92. The molecular weight excluding hydrogens is 382 g/mol. The quantitative estimate of drug-likeness (QED) is 0.392. The maximum absolute atomic E-state index is 6.41. The van der Waals surface area contributed by atoms with E-state index in [0.717, 1.165) is 26.5 Å². The van der Waals surface area contributed by atoms with E-state index in [4.69, 9.17) is 10.2 Å². The Hall–Kier alpha value is -2.44. The third kappa shape index (κ3) is 4.88. The second-order valence-corrected chi connectivity index (χ2v) is 14.1. The van der Waals surface area contributed by atoms with Crippen molar-refractivity contribution in [2.45, 2.75) is 38.9 Å². The van der Waals surface area contributed by atoms with E-state index in [-0.39, 0.29) is 5.04 Å². The summed E-state index contributed by atoms with van der Waals surface area (Å²) >= 11 is 1.67. The SMILES string of the molecule is CC(C)(C)[Si](C)(C)Oc1ccc2nc(/C=C/C=C/c3ccc(N)nc3)sc2c1. The minimum atomic E-state index is -1.84. The van der Waals surface area contributed by atoms with Crippen molar-refractivity contribution < 1.29 is 4.43 Å². The lowest BCUT2D eigenvalue weighted by Crippen LogP contribution is -2.43. The van der Waals surface area contributed by atoms with Crippen molar-refractivity contribution in [1.29, 1.82) is 0 Å². The van der Waals surface area contributed by atoms with E-state index in [9.17, 15) is 0 Å². The minimum Gasteiger partial charge on any atom is -0.543 e. The van der Waals surface area contributed by atoms with Crippen LogP contribution in [0.1, 0.15) is 31.3 Å². The van der Waals surface area contributed by atoms with E-state index < -0.39 is 8.32 Å². The molecule has 2 aromatic heterocycles. The molecule has 6 heteroatoms. The summed E-state index contributed by atoms with van der Waals surface area (Å²) in [6.07, 6.45) is 9.72. The zero-order chi connectivity index (χ0) is 20.4. The number of benzene rings is 1. The fourth-order valence-corrected chi connectivity index (χ4v) is 4.26. The van der Waals surface area contributed by atoms with Crippen LogP contribution in [-0.4, -0.2) is 18.3 Å². The number of nitrogen functional groups attached to an aromatic ring is 1. The van der Waals surface area contributed by atoms with E-state index >= 15 is 0 Å². The van der Waals surface area contributed by atoms with Crippen LogP contribution in [0.25, 0.3) is 22.4 Å². The Kier molecular flexibility index (Phi) is 5.72. The van der Waals surface area contributed by atoms with E-state index in [1.807, 2.05) is 42.5 Å². The van der Waals surface area contributed by atoms with Crippen molar-refractivity contribution in [3.63, 3.8) is 0 Å². The number of anilines is 1. The summed E-state index contributed by atoms with van der Waals surface area (Å²) in [7, 11) is -1.84. The second kappa shape index (κ2) is 7.89. The average Bonchev–Trinajstić information content (AvgIpc) is 3.01. The van der Waals surface area contributed by atoms with Gasteiger partial charge in [0, 0.05) is 6.20 Å². The molecule has 0 atom stereocenters. The van der Waals surface area contributed by atoms with Gasteiger partial charge in [0.25, 0.3) is 0 Å². The Labute approximate surface area is 171 Å². The molecule has 0 radical (unpaired) electrons. The molecule has 0 aliphatic rings. The van der Waals surface area contributed by atoms with Gasteiger partial charge in [0.2, 0.25) is 8.32 Å². The lowest BCUT2D eigenvalue weighted by Gasteiger charge is -2.36. The monoisotopic (exact) mass is 409 g/mol. The van der Waals surface area contributed by atoms with Gasteiger partial charge < -0.3 is 10.2 Å². The fraction of sp³-hybridized carbons (Fsp3) is 0.273. The van der Waals surface area contributed by atoms with E-state index in [0.29, 0.717) is 5.82 Å². The maximum Gasteiger partial charge on any atom is 0.250 e. The van der Waals surface area contributed by atoms with Gasteiger partial charge in [0.15, 0.2) is 0 Å². The summed E-state index contributed by atoms with van der Waals surface area (Å²) < 4.78 is 7.55. The summed E-state index contributed by atoms with van der Waals surface area (Å²) in [4.78, 5) is 8.76. The van der Waals surface area contributed by atoms with Gasteiger partial charge in [-0.15, -0.1) is 11.3 Å². The number of hydrogen-bond acceptors (Lipinski definition) is 5. The van der Waals surface area contributed by atoms with Crippen LogP contribution in [0.2, 0.25) is 18.1 Å². The lowest BCUT2D eigenvalue weighted by atomic mass is 10.2. The van der Waals surface area contributed by atoms with Crippen LogP contribution in [0.15, 0.2) is 48.7 Å². The van der Waals surface area contributed by atoms with Gasteiger partial charge in [-0.05, 0) is 60.1 Å². The van der Waals surface area contributed by atoms with Crippen molar-refractivity contribution in [3.05, 3.63) is 59.3 Å². The Morgan fingerprint density at radius 2 is 1.82 bits per heavy atom. The van der Waals surface area contributed by atoms with Gasteiger partial charge in [-0.1, -0.05) is 39.0 Å². The van der Waals surface area contributed by atoms with E-state index in [2.05, 4.69) is 49.9 Å². The number of fused-ring (bicyclic) bond motifs is 1. The number of pyridine rings is 1. The number of hydrogen-bond donors (Lipinski definition) is 1. The Bertz CT molecular complexity index is 1010. The Balaban J connectivity index is 1.73. The van der Waals surface area contributed by atoms with Crippen LogP contribution >= 0.6 is 11.3 Å². The van der Waals surface area contributed by atoms with Gasteiger partial charge in [-0.2, -0.15) is 0 Å². The predicted molar refractivity (Wildman–Crippen MR) is 124 cm³/mol. The van der Waals surface area contributed by atoms with Gasteiger partial charge in [-0.25, -0.2) is 9.97 Å². The molecule has 0 fully saturated rings. The molecule has 3 aromatic rings. The zero-order valence-corrected chi connectivity index (χ0v) is 18.9.